The van der Waals surface area contributed by atoms with Gasteiger partial charge in [0.1, 0.15) is 5.75 Å². The average molecular weight is 347 g/mol. The monoisotopic (exact) mass is 347 g/mol. The number of aryl methyl sites for hydroxylation is 1. The number of amides is 3. The number of hydrogen-bond acceptors (Lipinski definition) is 3. The van der Waals surface area contributed by atoms with E-state index in [2.05, 4.69) is 5.32 Å². The fourth-order valence-electron chi connectivity index (χ4n) is 3.21. The Hall–Kier alpha value is -2.24. The standard InChI is InChI=1S/C19H29N3O3/c1-14-12-16(25-13-18(20)23)10-11-17(14)21-19(24)22(2)15-8-6-4-3-5-7-9-15/h10-12,15H,3-9,13H2,1-2H3,(H2,20,23)(H,21,24). The van der Waals surface area contributed by atoms with Crippen LogP contribution >= 0.6 is 0 Å². The van der Waals surface area contributed by atoms with Gasteiger partial charge in [-0.05, 0) is 43.5 Å². The van der Waals surface area contributed by atoms with Gasteiger partial charge in [0, 0.05) is 18.8 Å². The molecule has 0 aliphatic heterocycles. The summed E-state index contributed by atoms with van der Waals surface area (Å²) >= 11 is 0. The highest BCUT2D eigenvalue weighted by Gasteiger charge is 2.21. The lowest BCUT2D eigenvalue weighted by Gasteiger charge is -2.30. The summed E-state index contributed by atoms with van der Waals surface area (Å²) < 4.78 is 5.28. The summed E-state index contributed by atoms with van der Waals surface area (Å²) in [5.41, 5.74) is 6.69. The van der Waals surface area contributed by atoms with Crippen LogP contribution in [0.25, 0.3) is 0 Å². The molecule has 1 fully saturated rings. The van der Waals surface area contributed by atoms with E-state index in [-0.39, 0.29) is 12.6 Å². The smallest absolute Gasteiger partial charge is 0.321 e. The van der Waals surface area contributed by atoms with Crippen molar-refractivity contribution < 1.29 is 14.3 Å². The highest BCUT2D eigenvalue weighted by atomic mass is 16.5. The Kier molecular flexibility index (Phi) is 7.10. The normalized spacial score (nSPS) is 15.8. The lowest BCUT2D eigenvalue weighted by atomic mass is 9.96. The quantitative estimate of drug-likeness (QED) is 0.855. The lowest BCUT2D eigenvalue weighted by Crippen LogP contribution is -2.40. The van der Waals surface area contributed by atoms with Crippen LogP contribution in [0.1, 0.15) is 50.5 Å². The predicted octanol–water partition coefficient (Wildman–Crippen LogP) is 3.44. The van der Waals surface area contributed by atoms with Gasteiger partial charge in [0.05, 0.1) is 0 Å². The van der Waals surface area contributed by atoms with Crippen LogP contribution in [0.3, 0.4) is 0 Å². The number of anilines is 1. The first-order chi connectivity index (χ1) is 12.0. The average Bonchev–Trinajstić information content (AvgIpc) is 2.54. The molecule has 0 spiro atoms. The van der Waals surface area contributed by atoms with Gasteiger partial charge in [0.15, 0.2) is 6.61 Å². The first-order valence-corrected chi connectivity index (χ1v) is 9.03. The molecular formula is C19H29N3O3. The van der Waals surface area contributed by atoms with Gasteiger partial charge in [0.2, 0.25) is 0 Å². The Labute approximate surface area is 149 Å². The fraction of sp³-hybridized carbons (Fsp3) is 0.579. The van der Waals surface area contributed by atoms with Crippen LogP contribution in [0, 0.1) is 6.92 Å². The molecule has 0 aromatic heterocycles. The number of carbonyl (C=O) groups excluding carboxylic acids is 2. The van der Waals surface area contributed by atoms with Crippen LogP contribution in [0.2, 0.25) is 0 Å². The molecule has 1 aliphatic carbocycles. The highest BCUT2D eigenvalue weighted by molar-refractivity contribution is 5.90. The molecule has 0 atom stereocenters. The molecule has 25 heavy (non-hydrogen) atoms. The van der Waals surface area contributed by atoms with Crippen LogP contribution in [-0.2, 0) is 4.79 Å². The van der Waals surface area contributed by atoms with E-state index in [0.717, 1.165) is 24.1 Å². The maximum atomic E-state index is 12.6. The SMILES string of the molecule is Cc1cc(OCC(N)=O)ccc1NC(=O)N(C)C1CCCCCCC1. The third kappa shape index (κ3) is 5.96. The van der Waals surface area contributed by atoms with E-state index >= 15 is 0 Å². The molecule has 6 nitrogen and oxygen atoms in total. The van der Waals surface area contributed by atoms with E-state index in [4.69, 9.17) is 10.5 Å². The zero-order chi connectivity index (χ0) is 18.2. The fourth-order valence-corrected chi connectivity index (χ4v) is 3.21. The van der Waals surface area contributed by atoms with Gasteiger partial charge < -0.3 is 20.7 Å². The molecule has 138 valence electrons. The molecule has 0 unspecified atom stereocenters. The number of urea groups is 1. The van der Waals surface area contributed by atoms with Crippen LogP contribution in [0.15, 0.2) is 18.2 Å². The minimum Gasteiger partial charge on any atom is -0.484 e. The van der Waals surface area contributed by atoms with E-state index in [1.807, 2.05) is 18.9 Å². The summed E-state index contributed by atoms with van der Waals surface area (Å²) in [6, 6.07) is 5.52. The van der Waals surface area contributed by atoms with Crippen molar-refractivity contribution in [3.63, 3.8) is 0 Å². The van der Waals surface area contributed by atoms with Gasteiger partial charge in [-0.25, -0.2) is 4.79 Å². The van der Waals surface area contributed by atoms with Crippen molar-refractivity contribution in [1.29, 1.82) is 0 Å². The van der Waals surface area contributed by atoms with Crippen molar-refractivity contribution in [3.8, 4) is 5.75 Å². The minimum atomic E-state index is -0.518. The van der Waals surface area contributed by atoms with Crippen molar-refractivity contribution in [3.05, 3.63) is 23.8 Å². The lowest BCUT2D eigenvalue weighted by molar-refractivity contribution is -0.119. The Morgan fingerprint density at radius 1 is 1.20 bits per heavy atom. The van der Waals surface area contributed by atoms with Gasteiger partial charge in [-0.3, -0.25) is 4.79 Å². The molecule has 1 aromatic carbocycles. The van der Waals surface area contributed by atoms with Gasteiger partial charge in [-0.15, -0.1) is 0 Å². The second-order valence-corrected chi connectivity index (χ2v) is 6.77. The van der Waals surface area contributed by atoms with E-state index in [1.165, 1.54) is 32.1 Å². The molecule has 3 amide bonds. The van der Waals surface area contributed by atoms with Crippen LogP contribution in [-0.4, -0.2) is 36.5 Å². The number of nitrogens with one attached hydrogen (secondary N) is 1. The Bertz CT molecular complexity index is 596. The molecule has 1 aromatic rings. The van der Waals surface area contributed by atoms with Gasteiger partial charge >= 0.3 is 6.03 Å². The molecule has 0 radical (unpaired) electrons. The van der Waals surface area contributed by atoms with Gasteiger partial charge in [-0.2, -0.15) is 0 Å². The van der Waals surface area contributed by atoms with Gasteiger partial charge in [0.25, 0.3) is 5.91 Å². The summed E-state index contributed by atoms with van der Waals surface area (Å²) in [6.45, 7) is 1.73. The van der Waals surface area contributed by atoms with E-state index in [9.17, 15) is 9.59 Å². The maximum Gasteiger partial charge on any atom is 0.321 e. The second-order valence-electron chi connectivity index (χ2n) is 6.77. The number of nitrogens with two attached hydrogens (primary N) is 1. The Balaban J connectivity index is 1.95. The summed E-state index contributed by atoms with van der Waals surface area (Å²) in [7, 11) is 1.88. The summed E-state index contributed by atoms with van der Waals surface area (Å²) in [6.07, 6.45) is 8.35. The first-order valence-electron chi connectivity index (χ1n) is 9.03. The van der Waals surface area contributed by atoms with Crippen molar-refractivity contribution in [2.75, 3.05) is 19.0 Å². The molecule has 1 saturated carbocycles. The number of nitrogens with zero attached hydrogens (tertiary/aromatic N) is 1. The largest absolute Gasteiger partial charge is 0.484 e. The number of ether oxygens (including phenoxy) is 1. The number of primary amides is 1. The highest BCUT2D eigenvalue weighted by Crippen LogP contribution is 2.24. The summed E-state index contributed by atoms with van der Waals surface area (Å²) in [5.74, 6) is 0.0403. The van der Waals surface area contributed by atoms with Crippen molar-refractivity contribution in [2.24, 2.45) is 5.73 Å². The number of hydrogen-bond donors (Lipinski definition) is 2. The summed E-state index contributed by atoms with van der Waals surface area (Å²) in [5, 5.41) is 2.98. The van der Waals surface area contributed by atoms with Crippen LogP contribution in [0.5, 0.6) is 5.75 Å². The third-order valence-corrected chi connectivity index (χ3v) is 4.76. The van der Waals surface area contributed by atoms with Crippen LogP contribution in [0.4, 0.5) is 10.5 Å². The topological polar surface area (TPSA) is 84.7 Å². The van der Waals surface area contributed by atoms with Crippen LogP contribution < -0.4 is 15.8 Å². The first kappa shape index (κ1) is 19.1. The van der Waals surface area contributed by atoms with Crippen molar-refractivity contribution in [1.82, 2.24) is 4.90 Å². The molecule has 2 rings (SSSR count). The van der Waals surface area contributed by atoms with Gasteiger partial charge in [-0.1, -0.05) is 32.1 Å². The molecular weight excluding hydrogens is 318 g/mol. The number of carbonyl (C=O) groups is 2. The number of rotatable bonds is 5. The maximum absolute atomic E-state index is 12.6. The molecule has 0 saturated heterocycles. The van der Waals surface area contributed by atoms with E-state index in [0.29, 0.717) is 11.8 Å². The zero-order valence-electron chi connectivity index (χ0n) is 15.2. The van der Waals surface area contributed by atoms with E-state index < -0.39 is 5.91 Å². The van der Waals surface area contributed by atoms with Crippen molar-refractivity contribution in [2.45, 2.75) is 57.9 Å². The summed E-state index contributed by atoms with van der Waals surface area (Å²) in [4.78, 5) is 25.2. The third-order valence-electron chi connectivity index (χ3n) is 4.76. The Morgan fingerprint density at radius 3 is 2.44 bits per heavy atom. The second kappa shape index (κ2) is 9.30. The minimum absolute atomic E-state index is 0.0838. The van der Waals surface area contributed by atoms with E-state index in [1.54, 1.807) is 18.2 Å². The molecule has 6 heteroatoms. The predicted molar refractivity (Wildman–Crippen MR) is 98.8 cm³/mol. The molecule has 1 aliphatic rings. The molecule has 0 heterocycles. The molecule has 0 bridgehead atoms. The molecule has 3 N–H and O–H groups in total. The van der Waals surface area contributed by atoms with Crippen molar-refractivity contribution >= 4 is 17.6 Å². The number of benzene rings is 1. The Morgan fingerprint density at radius 2 is 1.84 bits per heavy atom. The zero-order valence-corrected chi connectivity index (χ0v) is 15.2.